The summed E-state index contributed by atoms with van der Waals surface area (Å²) < 4.78 is 0. The monoisotopic (exact) mass is 452 g/mol. The molecule has 1 aromatic heterocycles. The summed E-state index contributed by atoms with van der Waals surface area (Å²) >= 11 is 0. The maximum absolute atomic E-state index is 4.82. The summed E-state index contributed by atoms with van der Waals surface area (Å²) in [7, 11) is 0. The molecule has 3 aromatic carbocycles. The molecule has 31 heavy (non-hydrogen) atoms. The Balaban J connectivity index is 0.00000136. The molecule has 1 fully saturated rings. The van der Waals surface area contributed by atoms with Crippen LogP contribution >= 0.6 is 0 Å². The average molecular weight is 453 g/mol. The summed E-state index contributed by atoms with van der Waals surface area (Å²) in [5.74, 6) is 0. The van der Waals surface area contributed by atoms with Gasteiger partial charge in [-0.1, -0.05) is 48.5 Å². The van der Waals surface area contributed by atoms with Crippen LogP contribution in [0.15, 0.2) is 72.8 Å². The Morgan fingerprint density at radius 3 is 2.10 bits per heavy atom. The van der Waals surface area contributed by atoms with E-state index < -0.39 is 0 Å². The number of nitrogens with one attached hydrogen (secondary N) is 1. The van der Waals surface area contributed by atoms with E-state index in [4.69, 9.17) is 4.98 Å². The molecule has 0 spiro atoms. The van der Waals surface area contributed by atoms with Crippen LogP contribution in [0.1, 0.15) is 31.2 Å². The van der Waals surface area contributed by atoms with Gasteiger partial charge < -0.3 is 35.4 Å². The zero-order valence-electron chi connectivity index (χ0n) is 17.5. The average Bonchev–Trinajstić information content (AvgIpc) is 3.28. The highest BCUT2D eigenvalue weighted by atomic mass is 35.5. The van der Waals surface area contributed by atoms with E-state index >= 15 is 0 Å². The molecule has 1 aliphatic rings. The minimum absolute atomic E-state index is 0. The molecule has 3 N–H and O–H groups in total. The lowest BCUT2D eigenvalue weighted by Crippen LogP contribution is -3.00. The number of benzene rings is 3. The van der Waals surface area contributed by atoms with E-state index in [0.29, 0.717) is 0 Å². The van der Waals surface area contributed by atoms with Crippen molar-refractivity contribution >= 4 is 33.2 Å². The van der Waals surface area contributed by atoms with Crippen LogP contribution in [0.25, 0.3) is 21.8 Å². The molecule has 0 amide bonds. The molecular formula is C26H28Cl2N3-. The Kier molecular flexibility index (Phi) is 8.14. The van der Waals surface area contributed by atoms with E-state index in [1.807, 2.05) is 12.1 Å². The number of halogens is 2. The van der Waals surface area contributed by atoms with Crippen molar-refractivity contribution in [1.82, 2.24) is 4.98 Å². The van der Waals surface area contributed by atoms with Gasteiger partial charge in [0.05, 0.1) is 29.3 Å². The van der Waals surface area contributed by atoms with Crippen molar-refractivity contribution in [3.63, 3.8) is 0 Å². The summed E-state index contributed by atoms with van der Waals surface area (Å²) in [5, 5.41) is 8.51. The fraction of sp³-hybridized carbons (Fsp3) is 0.269. The van der Waals surface area contributed by atoms with Crippen molar-refractivity contribution in [1.29, 1.82) is 0 Å². The normalized spacial score (nSPS) is 15.4. The van der Waals surface area contributed by atoms with Crippen molar-refractivity contribution in [3.8, 4) is 0 Å². The first-order chi connectivity index (χ1) is 14.4. The molecule has 3 nitrogen and oxygen atoms in total. The summed E-state index contributed by atoms with van der Waals surface area (Å²) in [6, 6.07) is 26.5. The van der Waals surface area contributed by atoms with Crippen LogP contribution < -0.4 is 35.4 Å². The Labute approximate surface area is 196 Å². The van der Waals surface area contributed by atoms with Gasteiger partial charge in [-0.2, -0.15) is 0 Å². The van der Waals surface area contributed by atoms with Gasteiger partial charge in [0.15, 0.2) is 0 Å². The zero-order valence-corrected chi connectivity index (χ0v) is 19.0. The van der Waals surface area contributed by atoms with E-state index in [0.717, 1.165) is 39.2 Å². The third-order valence-corrected chi connectivity index (χ3v) is 6.13. The fourth-order valence-electron chi connectivity index (χ4n) is 4.56. The number of pyridine rings is 1. The number of quaternary nitrogens is 1. The van der Waals surface area contributed by atoms with Gasteiger partial charge in [0.2, 0.25) is 0 Å². The van der Waals surface area contributed by atoms with Gasteiger partial charge in [-0.15, -0.1) is 0 Å². The van der Waals surface area contributed by atoms with E-state index in [1.165, 1.54) is 44.2 Å². The molecule has 2 heterocycles. The molecule has 1 atom stereocenters. The topological polar surface area (TPSA) is 41.5 Å². The molecule has 1 aliphatic heterocycles. The van der Waals surface area contributed by atoms with Crippen LogP contribution in [0.5, 0.6) is 0 Å². The van der Waals surface area contributed by atoms with Crippen molar-refractivity contribution < 1.29 is 30.1 Å². The lowest BCUT2D eigenvalue weighted by Gasteiger charge is -2.14. The van der Waals surface area contributed by atoms with Crippen molar-refractivity contribution in [3.05, 3.63) is 78.4 Å². The molecule has 4 aromatic rings. The van der Waals surface area contributed by atoms with Crippen LogP contribution in [-0.4, -0.2) is 17.6 Å². The molecule has 0 radical (unpaired) electrons. The Morgan fingerprint density at radius 1 is 0.839 bits per heavy atom. The van der Waals surface area contributed by atoms with Gasteiger partial charge in [-0.25, -0.2) is 4.98 Å². The minimum Gasteiger partial charge on any atom is -1.00 e. The number of hydrogen-bond acceptors (Lipinski definition) is 2. The van der Waals surface area contributed by atoms with Gasteiger partial charge in [0.25, 0.3) is 0 Å². The first-order valence-corrected chi connectivity index (χ1v) is 10.8. The van der Waals surface area contributed by atoms with E-state index in [2.05, 4.69) is 71.3 Å². The molecule has 1 saturated heterocycles. The van der Waals surface area contributed by atoms with E-state index in [1.54, 1.807) is 0 Å². The van der Waals surface area contributed by atoms with Crippen molar-refractivity contribution in [2.45, 2.75) is 38.1 Å². The third kappa shape index (κ3) is 5.30. The number of nitrogens with zero attached hydrogens (tertiary/aromatic N) is 1. The predicted octanol–water partition coefficient (Wildman–Crippen LogP) is -0.812. The number of hydrogen-bond donors (Lipinski definition) is 2. The summed E-state index contributed by atoms with van der Waals surface area (Å²) in [4.78, 5) is 4.82. The van der Waals surface area contributed by atoms with Gasteiger partial charge in [-0.05, 0) is 49.1 Å². The summed E-state index contributed by atoms with van der Waals surface area (Å²) in [6.07, 6.45) is 6.59. The minimum atomic E-state index is 0. The van der Waals surface area contributed by atoms with Gasteiger partial charge in [0, 0.05) is 29.3 Å². The molecule has 0 bridgehead atoms. The van der Waals surface area contributed by atoms with Crippen LogP contribution in [0.3, 0.4) is 0 Å². The Morgan fingerprint density at radius 2 is 1.48 bits per heavy atom. The lowest BCUT2D eigenvalue weighted by atomic mass is 10.0. The Hall–Kier alpha value is -2.33. The second-order valence-corrected chi connectivity index (χ2v) is 8.16. The zero-order chi connectivity index (χ0) is 19.5. The second kappa shape index (κ2) is 10.8. The summed E-state index contributed by atoms with van der Waals surface area (Å²) in [5.41, 5.74) is 5.73. The number of rotatable bonds is 6. The Bertz CT molecular complexity index is 1070. The quantitative estimate of drug-likeness (QED) is 0.375. The third-order valence-electron chi connectivity index (χ3n) is 6.13. The van der Waals surface area contributed by atoms with Crippen LogP contribution in [0.4, 0.5) is 11.4 Å². The smallest absolute Gasteiger partial charge is 0.0861 e. The van der Waals surface area contributed by atoms with Crippen molar-refractivity contribution in [2.75, 3.05) is 11.9 Å². The van der Waals surface area contributed by atoms with Crippen LogP contribution in [0.2, 0.25) is 0 Å². The lowest BCUT2D eigenvalue weighted by molar-refractivity contribution is -0.670. The highest BCUT2D eigenvalue weighted by molar-refractivity contribution is 6.08. The van der Waals surface area contributed by atoms with Crippen LogP contribution in [0, 0.1) is 0 Å². The molecule has 5 heteroatoms. The molecule has 162 valence electrons. The number of fused-ring (bicyclic) bond motifs is 2. The number of aromatic nitrogens is 1. The van der Waals surface area contributed by atoms with E-state index in [9.17, 15) is 0 Å². The van der Waals surface area contributed by atoms with Gasteiger partial charge >= 0.3 is 0 Å². The highest BCUT2D eigenvalue weighted by Gasteiger charge is 2.17. The van der Waals surface area contributed by atoms with Crippen molar-refractivity contribution in [2.24, 2.45) is 0 Å². The highest BCUT2D eigenvalue weighted by Crippen LogP contribution is 2.33. The molecule has 0 saturated carbocycles. The maximum Gasteiger partial charge on any atom is 0.0861 e. The molecular weight excluding hydrogens is 425 g/mol. The molecule has 0 aliphatic carbocycles. The predicted molar refractivity (Wildman–Crippen MR) is 122 cm³/mol. The van der Waals surface area contributed by atoms with Gasteiger partial charge in [-0.3, -0.25) is 0 Å². The number of anilines is 2. The number of aryl methyl sites for hydroxylation is 1. The standard InChI is InChI=1S/C26H27N3.2ClH/c1-3-12-24-22(10-1)26(23-11-2-4-13-25(23)29-24)28-21-16-14-19(15-17-21)7-5-8-20-9-6-18-27-20;;/h1-4,10-17,20,27H,5-9,18H2,(H,28,29);2*1H/p-1. The SMILES string of the molecule is [Cl-].[Cl-].c1ccc2c(Nc3ccc(CCCC4CCC[NH2+]4)cc3)c3ccccc3nc2c1. The summed E-state index contributed by atoms with van der Waals surface area (Å²) in [6.45, 7) is 1.32. The maximum atomic E-state index is 4.82. The fourth-order valence-corrected chi connectivity index (χ4v) is 4.56. The molecule has 1 unspecified atom stereocenters. The van der Waals surface area contributed by atoms with Crippen LogP contribution in [-0.2, 0) is 6.42 Å². The van der Waals surface area contributed by atoms with E-state index in [-0.39, 0.29) is 24.8 Å². The van der Waals surface area contributed by atoms with Gasteiger partial charge in [0.1, 0.15) is 0 Å². The number of para-hydroxylation sites is 2. The second-order valence-electron chi connectivity index (χ2n) is 8.16. The number of nitrogens with two attached hydrogens (primary N) is 1. The largest absolute Gasteiger partial charge is 1.00 e. The molecule has 5 rings (SSSR count). The first kappa shape index (κ1) is 23.3. The first-order valence-electron chi connectivity index (χ1n) is 10.8.